The van der Waals surface area contributed by atoms with Crippen molar-refractivity contribution < 1.29 is 23.1 Å². The van der Waals surface area contributed by atoms with Crippen molar-refractivity contribution >= 4 is 21.6 Å². The molecular formula is C23H26N4O5S. The summed E-state index contributed by atoms with van der Waals surface area (Å²) in [5.74, 6) is -0.360. The lowest BCUT2D eigenvalue weighted by atomic mass is 10.1. The van der Waals surface area contributed by atoms with Gasteiger partial charge in [0.1, 0.15) is 11.4 Å². The van der Waals surface area contributed by atoms with Crippen LogP contribution in [0.5, 0.6) is 5.75 Å². The number of anilines is 1. The van der Waals surface area contributed by atoms with E-state index < -0.39 is 15.9 Å². The van der Waals surface area contributed by atoms with Gasteiger partial charge in [-0.15, -0.1) is 0 Å². The van der Waals surface area contributed by atoms with Crippen molar-refractivity contribution in [3.8, 4) is 17.0 Å². The molecule has 9 nitrogen and oxygen atoms in total. The Morgan fingerprint density at radius 3 is 2.42 bits per heavy atom. The summed E-state index contributed by atoms with van der Waals surface area (Å²) in [6.07, 6.45) is -0.355. The molecule has 1 aliphatic heterocycles. The van der Waals surface area contributed by atoms with Gasteiger partial charge in [-0.1, -0.05) is 6.07 Å². The van der Waals surface area contributed by atoms with Crippen LogP contribution in [0.25, 0.3) is 11.3 Å². The summed E-state index contributed by atoms with van der Waals surface area (Å²) in [5.41, 5.74) is 2.51. The van der Waals surface area contributed by atoms with Gasteiger partial charge in [-0.3, -0.25) is 9.89 Å². The maximum Gasteiger partial charge on any atom is 0.273 e. The van der Waals surface area contributed by atoms with Crippen LogP contribution in [-0.2, 0) is 14.8 Å². The summed E-state index contributed by atoms with van der Waals surface area (Å²) in [4.78, 5) is 12.8. The van der Waals surface area contributed by atoms with Gasteiger partial charge >= 0.3 is 0 Å². The number of phenols is 1. The number of amides is 1. The molecule has 0 bridgehead atoms. The Labute approximate surface area is 192 Å². The van der Waals surface area contributed by atoms with E-state index in [1.54, 1.807) is 30.3 Å². The largest absolute Gasteiger partial charge is 0.507 e. The van der Waals surface area contributed by atoms with Crippen LogP contribution in [0, 0.1) is 6.92 Å². The molecule has 1 saturated heterocycles. The van der Waals surface area contributed by atoms with Crippen LogP contribution >= 0.6 is 0 Å². The fourth-order valence-electron chi connectivity index (χ4n) is 3.82. The molecule has 1 aromatic heterocycles. The molecule has 0 saturated carbocycles. The lowest BCUT2D eigenvalue weighted by Gasteiger charge is -2.34. The summed E-state index contributed by atoms with van der Waals surface area (Å²) in [6.45, 7) is 6.15. The van der Waals surface area contributed by atoms with E-state index in [1.807, 2.05) is 26.8 Å². The van der Waals surface area contributed by atoms with Crippen molar-refractivity contribution in [2.45, 2.75) is 37.9 Å². The number of phenolic OH excluding ortho intramolecular Hbond substituents is 1. The molecule has 1 fully saturated rings. The summed E-state index contributed by atoms with van der Waals surface area (Å²) < 4.78 is 33.0. The molecule has 3 N–H and O–H groups in total. The molecule has 0 spiro atoms. The van der Waals surface area contributed by atoms with E-state index in [9.17, 15) is 18.3 Å². The van der Waals surface area contributed by atoms with Gasteiger partial charge in [0.05, 0.1) is 22.8 Å². The Balaban J connectivity index is 1.46. The van der Waals surface area contributed by atoms with Crippen LogP contribution in [-0.4, -0.2) is 59.2 Å². The third-order valence-corrected chi connectivity index (χ3v) is 7.23. The first-order chi connectivity index (χ1) is 15.6. The molecule has 0 radical (unpaired) electrons. The molecule has 2 aromatic carbocycles. The Hall–Kier alpha value is -3.21. The van der Waals surface area contributed by atoms with Gasteiger partial charge < -0.3 is 15.2 Å². The number of hydrogen-bond donors (Lipinski definition) is 3. The summed E-state index contributed by atoms with van der Waals surface area (Å²) in [7, 11) is -3.66. The van der Waals surface area contributed by atoms with Gasteiger partial charge in [0.25, 0.3) is 5.91 Å². The Kier molecular flexibility index (Phi) is 6.24. The molecular weight excluding hydrogens is 444 g/mol. The minimum Gasteiger partial charge on any atom is -0.507 e. The summed E-state index contributed by atoms with van der Waals surface area (Å²) >= 11 is 0. The number of morpholine rings is 1. The highest BCUT2D eigenvalue weighted by Crippen LogP contribution is 2.29. The number of rotatable bonds is 5. The van der Waals surface area contributed by atoms with Crippen LogP contribution in [0.4, 0.5) is 5.69 Å². The van der Waals surface area contributed by atoms with Gasteiger partial charge in [0.15, 0.2) is 0 Å². The van der Waals surface area contributed by atoms with E-state index in [0.29, 0.717) is 30.0 Å². The van der Waals surface area contributed by atoms with E-state index in [0.717, 1.165) is 5.56 Å². The van der Waals surface area contributed by atoms with E-state index in [1.165, 1.54) is 16.4 Å². The Bertz CT molecular complexity index is 1260. The summed E-state index contributed by atoms with van der Waals surface area (Å²) in [5, 5.41) is 19.6. The highest BCUT2D eigenvalue weighted by molar-refractivity contribution is 7.89. The molecule has 0 unspecified atom stereocenters. The van der Waals surface area contributed by atoms with Crippen molar-refractivity contribution in [1.29, 1.82) is 0 Å². The number of carbonyl (C=O) groups excluding carboxylic acids is 1. The molecule has 10 heteroatoms. The number of aromatic amines is 1. The minimum atomic E-state index is -3.66. The smallest absolute Gasteiger partial charge is 0.273 e. The van der Waals surface area contributed by atoms with Crippen molar-refractivity contribution in [2.75, 3.05) is 18.4 Å². The molecule has 4 rings (SSSR count). The van der Waals surface area contributed by atoms with Crippen LogP contribution in [0.1, 0.15) is 29.9 Å². The average molecular weight is 471 g/mol. The van der Waals surface area contributed by atoms with Crippen LogP contribution in [0.15, 0.2) is 53.4 Å². The van der Waals surface area contributed by atoms with Gasteiger partial charge in [0, 0.05) is 24.3 Å². The van der Waals surface area contributed by atoms with E-state index in [2.05, 4.69) is 15.5 Å². The second kappa shape index (κ2) is 8.97. The molecule has 174 valence electrons. The zero-order valence-electron chi connectivity index (χ0n) is 18.6. The van der Waals surface area contributed by atoms with Gasteiger partial charge in [-0.05, 0) is 68.8 Å². The average Bonchev–Trinajstić information content (AvgIpc) is 3.23. The predicted molar refractivity (Wildman–Crippen MR) is 124 cm³/mol. The fourth-order valence-corrected chi connectivity index (χ4v) is 5.41. The van der Waals surface area contributed by atoms with E-state index >= 15 is 0 Å². The lowest BCUT2D eigenvalue weighted by Crippen LogP contribution is -2.48. The van der Waals surface area contributed by atoms with Gasteiger partial charge in [0.2, 0.25) is 10.0 Å². The van der Waals surface area contributed by atoms with Crippen LogP contribution < -0.4 is 5.32 Å². The topological polar surface area (TPSA) is 125 Å². The quantitative estimate of drug-likeness (QED) is 0.526. The Morgan fingerprint density at radius 1 is 1.12 bits per heavy atom. The number of nitrogens with zero attached hydrogens (tertiary/aromatic N) is 2. The number of hydrogen-bond acceptors (Lipinski definition) is 6. The van der Waals surface area contributed by atoms with Crippen molar-refractivity contribution in [3.63, 3.8) is 0 Å². The van der Waals surface area contributed by atoms with E-state index in [4.69, 9.17) is 4.74 Å². The lowest BCUT2D eigenvalue weighted by molar-refractivity contribution is -0.0440. The number of benzene rings is 2. The summed E-state index contributed by atoms with van der Waals surface area (Å²) in [6, 6.07) is 12.8. The van der Waals surface area contributed by atoms with E-state index in [-0.39, 0.29) is 28.5 Å². The fraction of sp³-hybridized carbons (Fsp3) is 0.304. The van der Waals surface area contributed by atoms with Crippen LogP contribution in [0.2, 0.25) is 0 Å². The van der Waals surface area contributed by atoms with Crippen molar-refractivity contribution in [1.82, 2.24) is 14.5 Å². The first-order valence-electron chi connectivity index (χ1n) is 10.6. The molecule has 33 heavy (non-hydrogen) atoms. The van der Waals surface area contributed by atoms with Gasteiger partial charge in [-0.25, -0.2) is 8.42 Å². The van der Waals surface area contributed by atoms with Crippen molar-refractivity contribution in [2.24, 2.45) is 0 Å². The molecule has 2 atom stereocenters. The van der Waals surface area contributed by atoms with Gasteiger partial charge in [-0.2, -0.15) is 9.40 Å². The number of aromatic nitrogens is 2. The second-order valence-corrected chi connectivity index (χ2v) is 10.2. The molecule has 0 aliphatic carbocycles. The first kappa shape index (κ1) is 23.0. The number of ether oxygens (including phenoxy) is 1. The number of sulfonamides is 1. The predicted octanol–water partition coefficient (Wildman–Crippen LogP) is 3.14. The SMILES string of the molecule is Cc1ccc(-c2cc(C(=O)Nc3ccc(S(=O)(=O)N4C[C@H](C)O[C@@H](C)C4)cc3)[nH]n2)c(O)c1. The minimum absolute atomic E-state index is 0.0781. The highest BCUT2D eigenvalue weighted by Gasteiger charge is 2.32. The molecule has 1 aliphatic rings. The maximum absolute atomic E-state index is 13.0. The second-order valence-electron chi connectivity index (χ2n) is 8.25. The normalized spacial score (nSPS) is 19.4. The van der Waals surface area contributed by atoms with Crippen molar-refractivity contribution in [3.05, 3.63) is 59.8 Å². The third-order valence-electron chi connectivity index (χ3n) is 5.39. The highest BCUT2D eigenvalue weighted by atomic mass is 32.2. The zero-order chi connectivity index (χ0) is 23.8. The van der Waals surface area contributed by atoms with Crippen LogP contribution in [0.3, 0.4) is 0 Å². The number of H-pyrrole nitrogens is 1. The monoisotopic (exact) mass is 470 g/mol. The number of nitrogens with one attached hydrogen (secondary N) is 2. The zero-order valence-corrected chi connectivity index (χ0v) is 19.4. The maximum atomic E-state index is 13.0. The molecule has 3 aromatic rings. The molecule has 1 amide bonds. The Morgan fingerprint density at radius 2 is 1.79 bits per heavy atom. The first-order valence-corrected chi connectivity index (χ1v) is 12.0. The third kappa shape index (κ3) is 4.92. The number of aryl methyl sites for hydroxylation is 1. The number of carbonyl (C=O) groups is 1. The number of aromatic hydroxyl groups is 1. The standard InChI is InChI=1S/C23H26N4O5S/c1-14-4-9-19(22(28)10-14)20-11-21(26-25-20)23(29)24-17-5-7-18(8-6-17)33(30,31)27-12-15(2)32-16(3)13-27/h4-11,15-16,28H,12-13H2,1-3H3,(H,24,29)(H,25,26)/t15-,16-/m0/s1. The molecule has 2 heterocycles.